The number of nitrogen functional groups attached to an aromatic ring is 1. The lowest BCUT2D eigenvalue weighted by atomic mass is 10.1. The third kappa shape index (κ3) is 2.20. The summed E-state index contributed by atoms with van der Waals surface area (Å²) < 4.78 is 5.09. The maximum absolute atomic E-state index is 5.82. The minimum Gasteiger partial charge on any atom is -0.496 e. The quantitative estimate of drug-likeness (QED) is 0.791. The van der Waals surface area contributed by atoms with Gasteiger partial charge in [-0.05, 0) is 12.1 Å². The van der Waals surface area contributed by atoms with Crippen LogP contribution in [-0.2, 0) is 0 Å². The highest BCUT2D eigenvalue weighted by Crippen LogP contribution is 2.32. The molecule has 0 spiro atoms. The normalized spacial score (nSPS) is 10.1. The first-order chi connectivity index (χ1) is 6.20. The second-order valence-electron chi connectivity index (χ2n) is 2.37. The van der Waals surface area contributed by atoms with E-state index in [4.69, 9.17) is 33.7 Å². The van der Waals surface area contributed by atoms with Gasteiger partial charge in [0.25, 0.3) is 0 Å². The molecule has 2 N–H and O–H groups in total. The third-order valence-corrected chi connectivity index (χ3v) is 2.10. The van der Waals surface area contributed by atoms with Crippen LogP contribution in [-0.4, -0.2) is 7.11 Å². The van der Waals surface area contributed by atoms with E-state index in [1.54, 1.807) is 25.7 Å². The monoisotopic (exact) mass is 217 g/mol. The van der Waals surface area contributed by atoms with Crippen LogP contribution in [0, 0.1) is 12.3 Å². The molecule has 0 saturated heterocycles. The molecule has 0 fully saturated rings. The molecule has 0 heterocycles. The smallest absolute Gasteiger partial charge is 0.124 e. The van der Waals surface area contributed by atoms with Gasteiger partial charge in [-0.3, -0.25) is 0 Å². The van der Waals surface area contributed by atoms with Gasteiger partial charge in [-0.2, -0.15) is 0 Å². The van der Waals surface area contributed by atoms with Crippen LogP contribution < -0.4 is 10.5 Å². The zero-order chi connectivity index (χ0) is 9.84. The summed E-state index contributed by atoms with van der Waals surface area (Å²) >= 11 is 11.3. The lowest BCUT2D eigenvalue weighted by Gasteiger charge is -2.10. The van der Waals surface area contributed by atoms with Crippen LogP contribution >= 0.6 is 23.2 Å². The molecule has 0 aliphatic heterocycles. The summed E-state index contributed by atoms with van der Waals surface area (Å²) in [5.74, 6) is 2.02. The number of benzene rings is 1. The minimum atomic E-state index is 0.470. The molecule has 0 bridgehead atoms. The molecule has 2 nitrogen and oxygen atoms in total. The lowest BCUT2D eigenvalue weighted by molar-refractivity contribution is 0.413. The molecular weight excluding hydrogens is 209 g/mol. The molecule has 4 heteroatoms. The summed E-state index contributed by atoms with van der Waals surface area (Å²) in [7, 11) is 1.56. The summed E-state index contributed by atoms with van der Waals surface area (Å²) in [5, 5.41) is 0.491. The van der Waals surface area contributed by atoms with Crippen LogP contribution in [0.25, 0.3) is 0 Å². The van der Waals surface area contributed by atoms with Crippen LogP contribution in [0.2, 0.25) is 5.02 Å². The largest absolute Gasteiger partial charge is 0.496 e. The first-order valence-corrected chi connectivity index (χ1v) is 4.41. The zero-order valence-electron chi connectivity index (χ0n) is 7.05. The van der Waals surface area contributed by atoms with Gasteiger partial charge in [-0.15, -0.1) is 11.6 Å². The topological polar surface area (TPSA) is 35.2 Å². The van der Waals surface area contributed by atoms with Gasteiger partial charge in [0.2, 0.25) is 0 Å². The fourth-order valence-corrected chi connectivity index (χ4v) is 1.29. The third-order valence-electron chi connectivity index (χ3n) is 1.64. The van der Waals surface area contributed by atoms with E-state index in [-0.39, 0.29) is 0 Å². The van der Waals surface area contributed by atoms with Crippen molar-refractivity contribution in [3.8, 4) is 5.75 Å². The Morgan fingerprint density at radius 2 is 2.15 bits per heavy atom. The molecule has 0 saturated carbocycles. The van der Waals surface area contributed by atoms with Gasteiger partial charge in [0.05, 0.1) is 23.7 Å². The van der Waals surface area contributed by atoms with Crippen LogP contribution in [0.5, 0.6) is 5.75 Å². The Kier molecular flexibility index (Phi) is 3.70. The Morgan fingerprint density at radius 1 is 1.46 bits per heavy atom. The fourth-order valence-electron chi connectivity index (χ4n) is 1.00. The number of anilines is 1. The molecule has 1 aromatic rings. The summed E-state index contributed by atoms with van der Waals surface area (Å²) in [4.78, 5) is 0. The fraction of sp³-hybridized carbons (Fsp3) is 0.111. The van der Waals surface area contributed by atoms with E-state index < -0.39 is 0 Å². The van der Waals surface area contributed by atoms with E-state index in [9.17, 15) is 0 Å². The highest BCUT2D eigenvalue weighted by atomic mass is 35.5. The standard InChI is InChI=1S/C9H9Cl2NO/c1-13-8-3-2-7(11)9(12)6(8)4-5-10/h2-5H,12H2,1H3. The zero-order valence-corrected chi connectivity index (χ0v) is 8.56. The summed E-state index contributed by atoms with van der Waals surface area (Å²) in [6.07, 6.45) is 1.64. The summed E-state index contributed by atoms with van der Waals surface area (Å²) in [6.45, 7) is 0. The van der Waals surface area contributed by atoms with Crippen LogP contribution in [0.15, 0.2) is 12.1 Å². The minimum absolute atomic E-state index is 0.470. The highest BCUT2D eigenvalue weighted by molar-refractivity contribution is 6.33. The van der Waals surface area contributed by atoms with Gasteiger partial charge < -0.3 is 10.5 Å². The van der Waals surface area contributed by atoms with E-state index in [2.05, 4.69) is 0 Å². The molecule has 2 radical (unpaired) electrons. The van der Waals surface area contributed by atoms with E-state index in [1.165, 1.54) is 5.88 Å². The molecule has 0 unspecified atom stereocenters. The predicted molar refractivity (Wildman–Crippen MR) is 56.0 cm³/mol. The maximum Gasteiger partial charge on any atom is 0.124 e. The number of halogens is 2. The van der Waals surface area contributed by atoms with Crippen LogP contribution in [0.3, 0.4) is 0 Å². The van der Waals surface area contributed by atoms with Gasteiger partial charge >= 0.3 is 0 Å². The SMILES string of the molecule is COc1ccc(Cl)c(N)c1[CH][CH]Cl. The Hall–Kier alpha value is -0.600. The van der Waals surface area contributed by atoms with Crippen molar-refractivity contribution in [3.05, 3.63) is 35.0 Å². The van der Waals surface area contributed by atoms with Gasteiger partial charge in [0, 0.05) is 12.0 Å². The van der Waals surface area contributed by atoms with Gasteiger partial charge in [-0.1, -0.05) is 11.6 Å². The number of hydrogen-bond donors (Lipinski definition) is 1. The number of methoxy groups -OCH3 is 1. The van der Waals surface area contributed by atoms with Crippen molar-refractivity contribution in [1.29, 1.82) is 0 Å². The average Bonchev–Trinajstić information content (AvgIpc) is 2.14. The lowest BCUT2D eigenvalue weighted by Crippen LogP contribution is -1.97. The highest BCUT2D eigenvalue weighted by Gasteiger charge is 2.09. The van der Waals surface area contributed by atoms with Crippen LogP contribution in [0.1, 0.15) is 5.56 Å². The van der Waals surface area contributed by atoms with E-state index in [0.717, 1.165) is 0 Å². The number of ether oxygens (including phenoxy) is 1. The maximum atomic E-state index is 5.82. The van der Waals surface area contributed by atoms with Crippen molar-refractivity contribution in [2.24, 2.45) is 0 Å². The second-order valence-corrected chi connectivity index (χ2v) is 3.03. The molecule has 1 rings (SSSR count). The molecule has 70 valence electrons. The number of rotatable bonds is 3. The Morgan fingerprint density at radius 3 is 2.69 bits per heavy atom. The van der Waals surface area contributed by atoms with Crippen LogP contribution in [0.4, 0.5) is 5.69 Å². The van der Waals surface area contributed by atoms with Crippen molar-refractivity contribution in [3.63, 3.8) is 0 Å². The molecule has 0 aromatic heterocycles. The van der Waals surface area contributed by atoms with Crippen molar-refractivity contribution in [2.45, 2.75) is 0 Å². The summed E-state index contributed by atoms with van der Waals surface area (Å²) in [5.41, 5.74) is 6.89. The molecular formula is C9H9Cl2NO. The molecule has 1 aromatic carbocycles. The van der Waals surface area contributed by atoms with E-state index in [1.807, 2.05) is 0 Å². The molecule has 0 aliphatic carbocycles. The van der Waals surface area contributed by atoms with Gasteiger partial charge in [-0.25, -0.2) is 0 Å². The molecule has 0 atom stereocenters. The Bertz CT molecular complexity index is 302. The van der Waals surface area contributed by atoms with Gasteiger partial charge in [0.1, 0.15) is 5.75 Å². The van der Waals surface area contributed by atoms with Crippen molar-refractivity contribution < 1.29 is 4.74 Å². The van der Waals surface area contributed by atoms with E-state index in [0.29, 0.717) is 22.0 Å². The Balaban J connectivity index is 3.15. The van der Waals surface area contributed by atoms with E-state index >= 15 is 0 Å². The predicted octanol–water partition coefficient (Wildman–Crippen LogP) is 2.88. The average molecular weight is 218 g/mol. The Labute approximate surface area is 87.6 Å². The number of nitrogens with two attached hydrogens (primary N) is 1. The first kappa shape index (κ1) is 10.5. The van der Waals surface area contributed by atoms with Crippen molar-refractivity contribution >= 4 is 28.9 Å². The van der Waals surface area contributed by atoms with Crippen molar-refractivity contribution in [1.82, 2.24) is 0 Å². The second kappa shape index (κ2) is 4.58. The molecule has 0 aliphatic rings. The first-order valence-electron chi connectivity index (χ1n) is 3.59. The molecule has 0 amide bonds. The van der Waals surface area contributed by atoms with Gasteiger partial charge in [0.15, 0.2) is 0 Å². The number of hydrogen-bond acceptors (Lipinski definition) is 2. The molecule has 13 heavy (non-hydrogen) atoms. The summed E-state index contributed by atoms with van der Waals surface area (Å²) in [6, 6.07) is 3.42. The van der Waals surface area contributed by atoms with Crippen molar-refractivity contribution in [2.75, 3.05) is 12.8 Å².